The second-order valence-electron chi connectivity index (χ2n) is 6.39. The van der Waals surface area contributed by atoms with Crippen LogP contribution in [0.5, 0.6) is 5.75 Å². The zero-order valence-electron chi connectivity index (χ0n) is 14.9. The highest BCUT2D eigenvalue weighted by molar-refractivity contribution is 5.95. The fourth-order valence-electron chi connectivity index (χ4n) is 3.10. The van der Waals surface area contributed by atoms with Gasteiger partial charge in [-0.2, -0.15) is 10.5 Å². The van der Waals surface area contributed by atoms with Crippen molar-refractivity contribution in [1.82, 2.24) is 30.9 Å². The number of nitrogens with one attached hydrogen (secondary N) is 4. The number of aromatic nitrogens is 3. The van der Waals surface area contributed by atoms with Gasteiger partial charge in [0.25, 0.3) is 11.8 Å². The SMILES string of the molecule is O=C1COc2ccc(CNC(=O)c3cc(C4N=NNN4)n4nccc4n3)cc2N1. The summed E-state index contributed by atoms with van der Waals surface area (Å²) in [6.07, 6.45) is 1.10. The number of carbonyl (C=O) groups excluding carboxylic acids is 2. The summed E-state index contributed by atoms with van der Waals surface area (Å²) in [6, 6.07) is 8.66. The molecular weight excluding hydrogens is 378 g/mol. The quantitative estimate of drug-likeness (QED) is 0.504. The Hall–Kier alpha value is -4.06. The third-order valence-corrected chi connectivity index (χ3v) is 4.45. The van der Waals surface area contributed by atoms with Crippen molar-refractivity contribution in [2.75, 3.05) is 11.9 Å². The molecule has 0 saturated heterocycles. The van der Waals surface area contributed by atoms with Crippen molar-refractivity contribution in [3.8, 4) is 5.75 Å². The van der Waals surface area contributed by atoms with Crippen molar-refractivity contribution in [3.63, 3.8) is 0 Å². The van der Waals surface area contributed by atoms with E-state index in [1.165, 1.54) is 0 Å². The van der Waals surface area contributed by atoms with E-state index in [0.717, 1.165) is 5.56 Å². The van der Waals surface area contributed by atoms with Crippen LogP contribution in [-0.2, 0) is 11.3 Å². The second kappa shape index (κ2) is 6.83. The lowest BCUT2D eigenvalue weighted by atomic mass is 10.1. The molecule has 1 aromatic carbocycles. The van der Waals surface area contributed by atoms with Crippen molar-refractivity contribution < 1.29 is 14.3 Å². The molecule has 29 heavy (non-hydrogen) atoms. The van der Waals surface area contributed by atoms with Crippen LogP contribution in [0.3, 0.4) is 0 Å². The predicted molar refractivity (Wildman–Crippen MR) is 98.6 cm³/mol. The third-order valence-electron chi connectivity index (χ3n) is 4.45. The molecule has 2 aliphatic heterocycles. The van der Waals surface area contributed by atoms with E-state index in [4.69, 9.17) is 4.74 Å². The molecule has 0 aliphatic carbocycles. The van der Waals surface area contributed by atoms with Gasteiger partial charge < -0.3 is 15.4 Å². The van der Waals surface area contributed by atoms with Crippen LogP contribution in [-0.4, -0.2) is 33.0 Å². The maximum Gasteiger partial charge on any atom is 0.270 e. The van der Waals surface area contributed by atoms with Crippen molar-refractivity contribution in [1.29, 1.82) is 0 Å². The van der Waals surface area contributed by atoms with Gasteiger partial charge in [0.2, 0.25) is 0 Å². The Morgan fingerprint density at radius 2 is 2.24 bits per heavy atom. The number of carbonyl (C=O) groups is 2. The van der Waals surface area contributed by atoms with Gasteiger partial charge in [-0.05, 0) is 23.8 Å². The molecular formula is C17H15N9O3. The maximum atomic E-state index is 12.7. The molecule has 146 valence electrons. The first-order chi connectivity index (χ1) is 14.2. The molecule has 1 unspecified atom stereocenters. The molecule has 0 radical (unpaired) electrons. The lowest BCUT2D eigenvalue weighted by Gasteiger charge is -2.18. The minimum atomic E-state index is -0.490. The number of hydrogen-bond acceptors (Lipinski definition) is 9. The van der Waals surface area contributed by atoms with E-state index in [9.17, 15) is 9.59 Å². The summed E-state index contributed by atoms with van der Waals surface area (Å²) in [7, 11) is 0. The molecule has 2 aliphatic rings. The van der Waals surface area contributed by atoms with Crippen LogP contribution < -0.4 is 26.3 Å². The number of amides is 2. The summed E-state index contributed by atoms with van der Waals surface area (Å²) in [5, 5.41) is 17.5. The molecule has 12 heteroatoms. The van der Waals surface area contributed by atoms with E-state index < -0.39 is 6.17 Å². The molecule has 4 heterocycles. The molecule has 0 fully saturated rings. The van der Waals surface area contributed by atoms with Gasteiger partial charge >= 0.3 is 0 Å². The lowest BCUT2D eigenvalue weighted by Crippen LogP contribution is -2.28. The van der Waals surface area contributed by atoms with Gasteiger partial charge in [-0.15, -0.1) is 5.11 Å². The lowest BCUT2D eigenvalue weighted by molar-refractivity contribution is -0.118. The number of hydrazine groups is 1. The summed E-state index contributed by atoms with van der Waals surface area (Å²) < 4.78 is 6.93. The molecule has 0 saturated carbocycles. The molecule has 2 aromatic heterocycles. The number of benzene rings is 1. The number of ether oxygens (including phenoxy) is 1. The molecule has 1 atom stereocenters. The van der Waals surface area contributed by atoms with Gasteiger partial charge in [0, 0.05) is 12.6 Å². The van der Waals surface area contributed by atoms with Gasteiger partial charge in [-0.1, -0.05) is 11.3 Å². The number of nitrogens with zero attached hydrogens (tertiary/aromatic N) is 5. The summed E-state index contributed by atoms with van der Waals surface area (Å²) in [5.74, 6) is 0.0385. The molecule has 5 rings (SSSR count). The Morgan fingerprint density at radius 3 is 3.10 bits per heavy atom. The van der Waals surface area contributed by atoms with E-state index in [2.05, 4.69) is 42.0 Å². The molecule has 0 bridgehead atoms. The van der Waals surface area contributed by atoms with E-state index in [0.29, 0.717) is 22.8 Å². The number of rotatable bonds is 4. The first-order valence-corrected chi connectivity index (χ1v) is 8.76. The Kier molecular flexibility index (Phi) is 4.02. The minimum absolute atomic E-state index is 0.000898. The van der Waals surface area contributed by atoms with Crippen molar-refractivity contribution in [2.24, 2.45) is 10.3 Å². The van der Waals surface area contributed by atoms with Gasteiger partial charge in [-0.25, -0.2) is 15.0 Å². The van der Waals surface area contributed by atoms with E-state index >= 15 is 0 Å². The van der Waals surface area contributed by atoms with Crippen LogP contribution in [0, 0.1) is 0 Å². The maximum absolute atomic E-state index is 12.7. The summed E-state index contributed by atoms with van der Waals surface area (Å²) in [6.45, 7) is 0.255. The molecule has 0 spiro atoms. The topological polar surface area (TPSA) is 146 Å². The van der Waals surface area contributed by atoms with Gasteiger partial charge in [0.05, 0.1) is 17.6 Å². The van der Waals surface area contributed by atoms with Crippen molar-refractivity contribution in [2.45, 2.75) is 12.7 Å². The van der Waals surface area contributed by atoms with Gasteiger partial charge in [0.15, 0.2) is 18.4 Å². The highest BCUT2D eigenvalue weighted by atomic mass is 16.5. The molecule has 3 aromatic rings. The average molecular weight is 393 g/mol. The standard InChI is InChI=1S/C17H15N9O3/c27-15-8-29-13-2-1-9(5-10(13)21-15)7-18-17(28)11-6-12(16-22-24-25-23-16)26-14(20-11)3-4-19-26/h1-6,16H,7-8H2,(H,18,28)(H,21,27)(H,22,25)(H,23,24). The molecule has 2 amide bonds. The average Bonchev–Trinajstić information content (AvgIpc) is 3.42. The summed E-state index contributed by atoms with van der Waals surface area (Å²) >= 11 is 0. The predicted octanol–water partition coefficient (Wildman–Crippen LogP) is 0.464. The fourth-order valence-corrected chi connectivity index (χ4v) is 3.10. The first kappa shape index (κ1) is 17.1. The van der Waals surface area contributed by atoms with Crippen LogP contribution in [0.1, 0.15) is 27.9 Å². The van der Waals surface area contributed by atoms with Gasteiger partial charge in [-0.3, -0.25) is 9.59 Å². The monoisotopic (exact) mass is 393 g/mol. The summed E-state index contributed by atoms with van der Waals surface area (Å²) in [4.78, 5) is 28.5. The van der Waals surface area contributed by atoms with Crippen LogP contribution >= 0.6 is 0 Å². The van der Waals surface area contributed by atoms with Crippen LogP contribution in [0.4, 0.5) is 5.69 Å². The first-order valence-electron chi connectivity index (χ1n) is 8.76. The highest BCUT2D eigenvalue weighted by Gasteiger charge is 2.22. The van der Waals surface area contributed by atoms with E-state index in [1.807, 2.05) is 6.07 Å². The van der Waals surface area contributed by atoms with Crippen LogP contribution in [0.2, 0.25) is 0 Å². The zero-order valence-corrected chi connectivity index (χ0v) is 14.9. The zero-order chi connectivity index (χ0) is 19.8. The fraction of sp³-hybridized carbons (Fsp3) is 0.176. The number of fused-ring (bicyclic) bond motifs is 2. The normalized spacial score (nSPS) is 17.4. The molecule has 4 N–H and O–H groups in total. The smallest absolute Gasteiger partial charge is 0.270 e. The minimum Gasteiger partial charge on any atom is -0.482 e. The Labute approximate surface area is 163 Å². The van der Waals surface area contributed by atoms with Crippen molar-refractivity contribution >= 4 is 23.1 Å². The summed E-state index contributed by atoms with van der Waals surface area (Å²) in [5.41, 5.74) is 8.18. The molecule has 12 nitrogen and oxygen atoms in total. The highest BCUT2D eigenvalue weighted by Crippen LogP contribution is 2.28. The second-order valence-corrected chi connectivity index (χ2v) is 6.39. The number of hydrogen-bond donors (Lipinski definition) is 4. The van der Waals surface area contributed by atoms with Crippen molar-refractivity contribution in [3.05, 3.63) is 53.5 Å². The van der Waals surface area contributed by atoms with E-state index in [-0.39, 0.29) is 30.7 Å². The van der Waals surface area contributed by atoms with Gasteiger partial charge in [0.1, 0.15) is 11.4 Å². The van der Waals surface area contributed by atoms with Crippen LogP contribution in [0.25, 0.3) is 5.65 Å². The van der Waals surface area contributed by atoms with E-state index in [1.54, 1.807) is 35.0 Å². The Balaban J connectivity index is 1.36. The number of anilines is 1. The van der Waals surface area contributed by atoms with Crippen LogP contribution in [0.15, 0.2) is 46.9 Å². The Morgan fingerprint density at radius 1 is 1.31 bits per heavy atom. The Bertz CT molecular complexity index is 1160. The third kappa shape index (κ3) is 3.21. The largest absolute Gasteiger partial charge is 0.482 e.